The monoisotopic (exact) mass is 297 g/mol. The van der Waals surface area contributed by atoms with Gasteiger partial charge in [-0.05, 0) is 37.3 Å². The van der Waals surface area contributed by atoms with E-state index in [9.17, 15) is 0 Å². The summed E-state index contributed by atoms with van der Waals surface area (Å²) < 4.78 is 5.67. The summed E-state index contributed by atoms with van der Waals surface area (Å²) in [6.07, 6.45) is 3.27. The molecule has 0 saturated carbocycles. The lowest BCUT2D eigenvalue weighted by molar-refractivity contribution is 0.199. The fourth-order valence-corrected chi connectivity index (χ4v) is 2.85. The number of thioether (sulfide) groups is 1. The lowest BCUT2D eigenvalue weighted by Gasteiger charge is -2.26. The maximum absolute atomic E-state index is 9.01. The van der Waals surface area contributed by atoms with E-state index in [0.717, 1.165) is 24.5 Å². The molecule has 1 atom stereocenters. The minimum absolute atomic E-state index is 0.473. The van der Waals surface area contributed by atoms with E-state index in [-0.39, 0.29) is 0 Å². The number of likely N-dealkylation sites (N-methyl/N-ethyl adjacent to an activating group) is 1. The predicted octanol–water partition coefficient (Wildman–Crippen LogP) is 0.819. The Bertz CT molecular complexity index is 375. The van der Waals surface area contributed by atoms with Crippen LogP contribution in [0.5, 0.6) is 5.75 Å². The van der Waals surface area contributed by atoms with Gasteiger partial charge >= 0.3 is 7.12 Å². The molecule has 20 heavy (non-hydrogen) atoms. The van der Waals surface area contributed by atoms with Gasteiger partial charge < -0.3 is 14.8 Å². The third-order valence-electron chi connectivity index (χ3n) is 3.34. The van der Waals surface area contributed by atoms with Crippen molar-refractivity contribution in [1.82, 2.24) is 4.90 Å². The van der Waals surface area contributed by atoms with Crippen LogP contribution in [0, 0.1) is 0 Å². The molecule has 0 aliphatic rings. The van der Waals surface area contributed by atoms with Crippen LogP contribution in [-0.4, -0.2) is 60.3 Å². The first-order chi connectivity index (χ1) is 9.58. The van der Waals surface area contributed by atoms with Gasteiger partial charge in [0.1, 0.15) is 12.4 Å². The molecule has 2 N–H and O–H groups in total. The molecule has 1 unspecified atom stereocenters. The van der Waals surface area contributed by atoms with Crippen LogP contribution in [0.2, 0.25) is 0 Å². The normalized spacial score (nSPS) is 12.5. The number of nitrogens with zero attached hydrogens (tertiary/aromatic N) is 1. The molecule has 0 saturated heterocycles. The molecule has 0 spiro atoms. The lowest BCUT2D eigenvalue weighted by atomic mass is 9.80. The molecule has 1 aromatic rings. The number of hydrogen-bond donors (Lipinski definition) is 2. The Morgan fingerprint density at radius 1 is 1.30 bits per heavy atom. The highest BCUT2D eigenvalue weighted by Gasteiger charge is 2.12. The quantitative estimate of drug-likeness (QED) is 0.661. The minimum Gasteiger partial charge on any atom is -0.492 e. The Labute approximate surface area is 126 Å². The summed E-state index contributed by atoms with van der Waals surface area (Å²) in [5.74, 6) is 1.89. The Hall–Kier alpha value is -0.685. The van der Waals surface area contributed by atoms with Gasteiger partial charge in [0, 0.05) is 18.3 Å². The van der Waals surface area contributed by atoms with Gasteiger partial charge in [-0.2, -0.15) is 11.8 Å². The van der Waals surface area contributed by atoms with E-state index >= 15 is 0 Å². The highest BCUT2D eigenvalue weighted by molar-refractivity contribution is 7.98. The van der Waals surface area contributed by atoms with Gasteiger partial charge in [0.05, 0.1) is 0 Å². The molecule has 6 heteroatoms. The van der Waals surface area contributed by atoms with E-state index in [1.807, 2.05) is 11.8 Å². The standard InChI is InChI=1S/C14H24BNO3S/c1-4-13(11-20-3)16(2)9-10-19-14-7-5-12(6-8-14)15(17)18/h5-8,13,17-18H,4,9-11H2,1-3H3. The zero-order valence-electron chi connectivity index (χ0n) is 12.5. The van der Waals surface area contributed by atoms with Crippen LogP contribution in [0.1, 0.15) is 13.3 Å². The third kappa shape index (κ3) is 5.75. The number of ether oxygens (including phenoxy) is 1. The minimum atomic E-state index is -1.42. The van der Waals surface area contributed by atoms with E-state index in [4.69, 9.17) is 14.8 Å². The van der Waals surface area contributed by atoms with Gasteiger partial charge in [-0.3, -0.25) is 4.90 Å². The van der Waals surface area contributed by atoms with E-state index in [1.54, 1.807) is 24.3 Å². The molecule has 112 valence electrons. The maximum Gasteiger partial charge on any atom is 0.488 e. The first kappa shape index (κ1) is 17.4. The SMILES string of the molecule is CCC(CSC)N(C)CCOc1ccc(B(O)O)cc1. The van der Waals surface area contributed by atoms with Crippen molar-refractivity contribution in [3.63, 3.8) is 0 Å². The van der Waals surface area contributed by atoms with E-state index in [0.29, 0.717) is 18.1 Å². The van der Waals surface area contributed by atoms with Crippen molar-refractivity contribution >= 4 is 24.3 Å². The first-order valence-electron chi connectivity index (χ1n) is 6.86. The molecular formula is C14H24BNO3S. The molecular weight excluding hydrogens is 273 g/mol. The fourth-order valence-electron chi connectivity index (χ4n) is 1.98. The van der Waals surface area contributed by atoms with Crippen LogP contribution in [0.15, 0.2) is 24.3 Å². The van der Waals surface area contributed by atoms with Crippen LogP contribution < -0.4 is 10.2 Å². The molecule has 1 aromatic carbocycles. The average molecular weight is 297 g/mol. The summed E-state index contributed by atoms with van der Waals surface area (Å²) >= 11 is 1.87. The van der Waals surface area contributed by atoms with Gasteiger partial charge in [0.2, 0.25) is 0 Å². The largest absolute Gasteiger partial charge is 0.492 e. The van der Waals surface area contributed by atoms with E-state index in [1.165, 1.54) is 0 Å². The molecule has 0 fully saturated rings. The second kappa shape index (κ2) is 9.29. The van der Waals surface area contributed by atoms with Crippen LogP contribution in [0.3, 0.4) is 0 Å². The molecule has 0 aromatic heterocycles. The van der Waals surface area contributed by atoms with Crippen molar-refractivity contribution in [2.24, 2.45) is 0 Å². The average Bonchev–Trinajstić information content (AvgIpc) is 2.45. The molecule has 1 rings (SSSR count). The topological polar surface area (TPSA) is 52.9 Å². The second-order valence-corrected chi connectivity index (χ2v) is 5.70. The van der Waals surface area contributed by atoms with E-state index < -0.39 is 7.12 Å². The summed E-state index contributed by atoms with van der Waals surface area (Å²) in [7, 11) is 0.700. The number of benzene rings is 1. The van der Waals surface area contributed by atoms with Crippen LogP contribution in [-0.2, 0) is 0 Å². The predicted molar refractivity (Wildman–Crippen MR) is 86.9 cm³/mol. The summed E-state index contributed by atoms with van der Waals surface area (Å²) in [5.41, 5.74) is 0.473. The summed E-state index contributed by atoms with van der Waals surface area (Å²) in [4.78, 5) is 2.32. The van der Waals surface area contributed by atoms with Crippen molar-refractivity contribution in [1.29, 1.82) is 0 Å². The highest BCUT2D eigenvalue weighted by Crippen LogP contribution is 2.10. The van der Waals surface area contributed by atoms with Crippen LogP contribution in [0.25, 0.3) is 0 Å². The summed E-state index contributed by atoms with van der Waals surface area (Å²) in [6, 6.07) is 7.42. The van der Waals surface area contributed by atoms with Gasteiger partial charge in [0.25, 0.3) is 0 Å². The van der Waals surface area contributed by atoms with Crippen LogP contribution in [0.4, 0.5) is 0 Å². The van der Waals surface area contributed by atoms with Gasteiger partial charge in [0.15, 0.2) is 0 Å². The van der Waals surface area contributed by atoms with Crippen molar-refractivity contribution in [3.05, 3.63) is 24.3 Å². The zero-order chi connectivity index (χ0) is 15.0. The van der Waals surface area contributed by atoms with Crippen LogP contribution >= 0.6 is 11.8 Å². The molecule has 0 aliphatic heterocycles. The lowest BCUT2D eigenvalue weighted by Crippen LogP contribution is -2.36. The zero-order valence-corrected chi connectivity index (χ0v) is 13.3. The second-order valence-electron chi connectivity index (χ2n) is 4.79. The van der Waals surface area contributed by atoms with E-state index in [2.05, 4.69) is 25.1 Å². The number of hydrogen-bond acceptors (Lipinski definition) is 5. The maximum atomic E-state index is 9.01. The Balaban J connectivity index is 2.36. The van der Waals surface area contributed by atoms with Crippen molar-refractivity contribution in [2.75, 3.05) is 32.2 Å². The van der Waals surface area contributed by atoms with Gasteiger partial charge in [-0.1, -0.05) is 19.1 Å². The Kier molecular flexibility index (Phi) is 8.06. The van der Waals surface area contributed by atoms with Crippen molar-refractivity contribution in [2.45, 2.75) is 19.4 Å². The molecule has 0 radical (unpaired) electrons. The summed E-state index contributed by atoms with van der Waals surface area (Å²) in [5, 5.41) is 18.0. The number of rotatable bonds is 9. The highest BCUT2D eigenvalue weighted by atomic mass is 32.2. The summed E-state index contributed by atoms with van der Waals surface area (Å²) in [6.45, 7) is 3.71. The Morgan fingerprint density at radius 2 is 1.95 bits per heavy atom. The first-order valence-corrected chi connectivity index (χ1v) is 8.26. The van der Waals surface area contributed by atoms with Crippen molar-refractivity contribution in [3.8, 4) is 5.75 Å². The van der Waals surface area contributed by atoms with Gasteiger partial charge in [-0.25, -0.2) is 0 Å². The smallest absolute Gasteiger partial charge is 0.488 e. The molecule has 0 aliphatic carbocycles. The Morgan fingerprint density at radius 3 is 2.45 bits per heavy atom. The third-order valence-corrected chi connectivity index (χ3v) is 4.06. The van der Waals surface area contributed by atoms with Gasteiger partial charge in [-0.15, -0.1) is 0 Å². The fraction of sp³-hybridized carbons (Fsp3) is 0.571. The molecule has 0 bridgehead atoms. The molecule has 0 heterocycles. The van der Waals surface area contributed by atoms with Crippen molar-refractivity contribution < 1.29 is 14.8 Å². The molecule has 4 nitrogen and oxygen atoms in total. The molecule has 0 amide bonds.